The number of carboxylic acid groups (broad SMARTS) is 1. The Morgan fingerprint density at radius 2 is 1.81 bits per heavy atom. The average molecular weight is 485 g/mol. The number of esters is 1. The van der Waals surface area contributed by atoms with Gasteiger partial charge < -0.3 is 23.9 Å². The Balaban J connectivity index is 1.52. The summed E-state index contributed by atoms with van der Waals surface area (Å²) in [6, 6.07) is 18.3. The number of hydrogen-bond acceptors (Lipinski definition) is 6. The van der Waals surface area contributed by atoms with Crippen LogP contribution in [0.25, 0.3) is 11.3 Å². The van der Waals surface area contributed by atoms with Crippen molar-refractivity contribution in [2.75, 3.05) is 0 Å². The smallest absolute Gasteiger partial charge is 0.336 e. The molecule has 0 unspecified atom stereocenters. The minimum atomic E-state index is -1.08. The van der Waals surface area contributed by atoms with Gasteiger partial charge >= 0.3 is 11.9 Å². The number of aromatic hydroxyl groups is 1. The number of rotatable bonds is 6. The fourth-order valence-electron chi connectivity index (χ4n) is 4.59. The van der Waals surface area contributed by atoms with Gasteiger partial charge in [0.1, 0.15) is 23.0 Å². The lowest BCUT2D eigenvalue weighted by molar-refractivity contribution is -0.135. The molecular weight excluding hydrogens is 462 g/mol. The number of nitrogens with zero attached hydrogens (tertiary/aromatic N) is 1. The molecule has 5 rings (SSSR count). The van der Waals surface area contributed by atoms with Crippen LogP contribution in [0.4, 0.5) is 0 Å². The summed E-state index contributed by atoms with van der Waals surface area (Å²) in [7, 11) is 0. The molecule has 2 aromatic heterocycles. The van der Waals surface area contributed by atoms with Gasteiger partial charge in [0.25, 0.3) is 5.56 Å². The van der Waals surface area contributed by atoms with Crippen LogP contribution in [0.3, 0.4) is 0 Å². The predicted octanol–water partition coefficient (Wildman–Crippen LogP) is 4.50. The number of furan rings is 1. The molecule has 36 heavy (non-hydrogen) atoms. The molecule has 0 aliphatic carbocycles. The number of phenolic OH excluding ortho intramolecular Hbond substituents is 1. The fourth-order valence-corrected chi connectivity index (χ4v) is 4.59. The third-order valence-electron chi connectivity index (χ3n) is 6.40. The molecule has 1 aliphatic rings. The summed E-state index contributed by atoms with van der Waals surface area (Å²) < 4.78 is 13.1. The van der Waals surface area contributed by atoms with E-state index in [1.54, 1.807) is 72.2 Å². The molecule has 0 saturated carbocycles. The molecule has 0 fully saturated rings. The molecule has 0 bridgehead atoms. The summed E-state index contributed by atoms with van der Waals surface area (Å²) in [6.07, 6.45) is 0.498. The normalized spacial score (nSPS) is 14.8. The third kappa shape index (κ3) is 4.29. The van der Waals surface area contributed by atoms with Crippen molar-refractivity contribution >= 4 is 11.9 Å². The van der Waals surface area contributed by atoms with Crippen molar-refractivity contribution in [3.8, 4) is 22.8 Å². The van der Waals surface area contributed by atoms with E-state index in [-0.39, 0.29) is 29.0 Å². The Labute approximate surface area is 206 Å². The highest BCUT2D eigenvalue weighted by molar-refractivity contribution is 5.95. The maximum absolute atomic E-state index is 13.6. The topological polar surface area (TPSA) is 119 Å². The van der Waals surface area contributed by atoms with E-state index < -0.39 is 17.9 Å². The molecule has 8 heteroatoms. The molecule has 182 valence electrons. The number of benzene rings is 2. The van der Waals surface area contributed by atoms with Gasteiger partial charge in [-0.15, -0.1) is 0 Å². The van der Waals surface area contributed by atoms with Crippen LogP contribution in [0.1, 0.15) is 45.3 Å². The van der Waals surface area contributed by atoms with Gasteiger partial charge in [-0.05, 0) is 49.2 Å². The maximum Gasteiger partial charge on any atom is 0.336 e. The number of aryl methyl sites for hydroxylation is 2. The van der Waals surface area contributed by atoms with Crippen LogP contribution in [0.2, 0.25) is 0 Å². The molecule has 0 saturated heterocycles. The number of fused-ring (bicyclic) bond motifs is 1. The molecule has 8 nitrogen and oxygen atoms in total. The van der Waals surface area contributed by atoms with Crippen molar-refractivity contribution in [2.45, 2.75) is 32.2 Å². The third-order valence-corrected chi connectivity index (χ3v) is 6.40. The fraction of sp³-hybridized carbons (Fsp3) is 0.179. The molecular formula is C28H23NO7. The van der Waals surface area contributed by atoms with E-state index in [1.807, 2.05) is 0 Å². The highest BCUT2D eigenvalue weighted by Crippen LogP contribution is 2.39. The summed E-state index contributed by atoms with van der Waals surface area (Å²) in [5.41, 5.74) is 2.18. The van der Waals surface area contributed by atoms with Crippen molar-refractivity contribution in [3.63, 3.8) is 0 Å². The van der Waals surface area contributed by atoms with E-state index >= 15 is 0 Å². The van der Waals surface area contributed by atoms with Crippen molar-refractivity contribution in [1.29, 1.82) is 0 Å². The molecule has 4 aromatic rings. The van der Waals surface area contributed by atoms with Gasteiger partial charge in [-0.25, -0.2) is 4.79 Å². The van der Waals surface area contributed by atoms with Gasteiger partial charge in [0.05, 0.1) is 23.5 Å². The van der Waals surface area contributed by atoms with E-state index in [9.17, 15) is 24.6 Å². The van der Waals surface area contributed by atoms with Crippen LogP contribution >= 0.6 is 0 Å². The van der Waals surface area contributed by atoms with Gasteiger partial charge in [0.15, 0.2) is 0 Å². The zero-order chi connectivity index (χ0) is 25.4. The quantitative estimate of drug-likeness (QED) is 0.386. The Morgan fingerprint density at radius 1 is 1.06 bits per heavy atom. The largest absolute Gasteiger partial charge is 0.508 e. The van der Waals surface area contributed by atoms with E-state index in [4.69, 9.17) is 9.15 Å². The standard InChI is InChI=1S/C28H23NO7/c1-16-14-24-26(27(32)29(16)13-12-17-6-8-18(30)9-7-17)21(15-25(31)36-24)23-11-10-22(35-23)19-4-2-3-5-20(19)28(33)34/h2-11,14,21,30H,12-13,15H2,1H3,(H,33,34)/t21-/m0/s1. The number of aromatic carboxylic acids is 1. The van der Waals surface area contributed by atoms with Crippen LogP contribution in [0, 0.1) is 6.92 Å². The first-order valence-corrected chi connectivity index (χ1v) is 11.5. The Kier molecular flexibility index (Phi) is 5.93. The van der Waals surface area contributed by atoms with E-state index in [1.165, 1.54) is 6.07 Å². The molecule has 1 atom stereocenters. The van der Waals surface area contributed by atoms with Crippen LogP contribution < -0.4 is 10.3 Å². The first kappa shape index (κ1) is 23.2. The first-order valence-electron chi connectivity index (χ1n) is 11.5. The molecule has 0 radical (unpaired) electrons. The zero-order valence-electron chi connectivity index (χ0n) is 19.4. The summed E-state index contributed by atoms with van der Waals surface area (Å²) in [4.78, 5) is 37.7. The van der Waals surface area contributed by atoms with E-state index in [2.05, 4.69) is 0 Å². The van der Waals surface area contributed by atoms with Crippen molar-refractivity contribution < 1.29 is 29.0 Å². The van der Waals surface area contributed by atoms with E-state index in [0.29, 0.717) is 41.3 Å². The average Bonchev–Trinajstić information content (AvgIpc) is 3.34. The van der Waals surface area contributed by atoms with Crippen LogP contribution in [-0.4, -0.2) is 26.7 Å². The minimum Gasteiger partial charge on any atom is -0.508 e. The number of carboxylic acids is 1. The summed E-state index contributed by atoms with van der Waals surface area (Å²) >= 11 is 0. The minimum absolute atomic E-state index is 0.0726. The highest BCUT2D eigenvalue weighted by Gasteiger charge is 2.34. The molecule has 2 N–H and O–H groups in total. The summed E-state index contributed by atoms with van der Waals surface area (Å²) in [5, 5.41) is 19.0. The molecule has 0 amide bonds. The van der Waals surface area contributed by atoms with Gasteiger partial charge in [0.2, 0.25) is 0 Å². The highest BCUT2D eigenvalue weighted by atomic mass is 16.5. The lowest BCUT2D eigenvalue weighted by atomic mass is 9.91. The van der Waals surface area contributed by atoms with Gasteiger partial charge in [-0.2, -0.15) is 0 Å². The lowest BCUT2D eigenvalue weighted by Crippen LogP contribution is -2.33. The number of ether oxygens (including phenoxy) is 1. The Hall–Kier alpha value is -4.59. The van der Waals surface area contributed by atoms with Crippen LogP contribution in [0.5, 0.6) is 11.5 Å². The second-order valence-electron chi connectivity index (χ2n) is 8.72. The number of carbonyl (C=O) groups excluding carboxylic acids is 1. The van der Waals surface area contributed by atoms with Crippen molar-refractivity contribution in [2.24, 2.45) is 0 Å². The predicted molar refractivity (Wildman–Crippen MR) is 130 cm³/mol. The molecule has 1 aliphatic heterocycles. The van der Waals surface area contributed by atoms with Crippen LogP contribution in [0.15, 0.2) is 75.9 Å². The second kappa shape index (κ2) is 9.22. The van der Waals surface area contributed by atoms with Crippen molar-refractivity contribution in [1.82, 2.24) is 4.57 Å². The van der Waals surface area contributed by atoms with E-state index in [0.717, 1.165) is 5.56 Å². The number of hydrogen-bond donors (Lipinski definition) is 2. The van der Waals surface area contributed by atoms with Crippen LogP contribution in [-0.2, 0) is 17.8 Å². The molecule has 2 aromatic carbocycles. The van der Waals surface area contributed by atoms with Gasteiger partial charge in [-0.3, -0.25) is 9.59 Å². The second-order valence-corrected chi connectivity index (χ2v) is 8.72. The first-order chi connectivity index (χ1) is 17.3. The Morgan fingerprint density at radius 3 is 2.56 bits per heavy atom. The van der Waals surface area contributed by atoms with Crippen molar-refractivity contribution in [3.05, 3.63) is 105 Å². The summed E-state index contributed by atoms with van der Waals surface area (Å²) in [6.45, 7) is 2.18. The Bertz CT molecular complexity index is 1530. The number of phenols is 1. The summed E-state index contributed by atoms with van der Waals surface area (Å²) in [5.74, 6) is -1.12. The van der Waals surface area contributed by atoms with Gasteiger partial charge in [-0.1, -0.05) is 30.3 Å². The maximum atomic E-state index is 13.6. The monoisotopic (exact) mass is 485 g/mol. The molecule has 0 spiro atoms. The number of pyridine rings is 1. The SMILES string of the molecule is Cc1cc2c(c(=O)n1CCc1ccc(O)cc1)[C@H](c1ccc(-c3ccccc3C(=O)O)o1)CC(=O)O2. The molecule has 3 heterocycles. The number of aromatic nitrogens is 1. The number of carbonyl (C=O) groups is 2. The van der Waals surface area contributed by atoms with Gasteiger partial charge in [0, 0.05) is 23.9 Å². The zero-order valence-corrected chi connectivity index (χ0v) is 19.4. The lowest BCUT2D eigenvalue weighted by Gasteiger charge is -2.24.